The van der Waals surface area contributed by atoms with E-state index in [1.165, 1.54) is 18.2 Å². The van der Waals surface area contributed by atoms with Gasteiger partial charge in [0.05, 0.1) is 17.7 Å². The largest absolute Gasteiger partial charge is 0.497 e. The van der Waals surface area contributed by atoms with Crippen molar-refractivity contribution in [3.05, 3.63) is 63.6 Å². The molecule has 2 N–H and O–H groups in total. The van der Waals surface area contributed by atoms with Crippen molar-refractivity contribution in [2.75, 3.05) is 19.0 Å². The zero-order valence-electron chi connectivity index (χ0n) is 16.3. The molecule has 0 aliphatic rings. The molecule has 8 nitrogen and oxygen atoms in total. The number of carbonyl (C=O) groups is 1. The number of rotatable bonds is 9. The van der Waals surface area contributed by atoms with Gasteiger partial charge in [0.25, 0.3) is 15.9 Å². The Morgan fingerprint density at radius 3 is 2.55 bits per heavy atom. The van der Waals surface area contributed by atoms with Crippen molar-refractivity contribution in [1.29, 1.82) is 0 Å². The molecule has 0 saturated heterocycles. The molecule has 0 bridgehead atoms. The van der Waals surface area contributed by atoms with Crippen LogP contribution in [-0.2, 0) is 16.4 Å². The van der Waals surface area contributed by atoms with Crippen LogP contribution in [0.4, 0.5) is 5.13 Å². The Labute approximate surface area is 193 Å². The summed E-state index contributed by atoms with van der Waals surface area (Å²) in [4.78, 5) is 12.3. The van der Waals surface area contributed by atoms with Crippen LogP contribution in [0, 0.1) is 0 Å². The van der Waals surface area contributed by atoms with Gasteiger partial charge in [-0.2, -0.15) is 0 Å². The maximum atomic E-state index is 12.4. The molecule has 0 aliphatic carbocycles. The van der Waals surface area contributed by atoms with Crippen LogP contribution < -0.4 is 14.8 Å². The Balaban J connectivity index is 1.54. The summed E-state index contributed by atoms with van der Waals surface area (Å²) in [5.74, 6) is 0.219. The van der Waals surface area contributed by atoms with E-state index in [0.29, 0.717) is 17.9 Å². The lowest BCUT2D eigenvalue weighted by Crippen LogP contribution is -2.25. The molecule has 1 heterocycles. The molecule has 1 aromatic heterocycles. The van der Waals surface area contributed by atoms with E-state index in [0.717, 1.165) is 22.6 Å². The van der Waals surface area contributed by atoms with Crippen LogP contribution in [0.5, 0.6) is 5.75 Å². The summed E-state index contributed by atoms with van der Waals surface area (Å²) in [7, 11) is -2.24. The van der Waals surface area contributed by atoms with Crippen LogP contribution in [0.1, 0.15) is 22.3 Å². The van der Waals surface area contributed by atoms with Crippen molar-refractivity contribution in [2.45, 2.75) is 17.2 Å². The van der Waals surface area contributed by atoms with E-state index in [9.17, 15) is 13.2 Å². The number of ether oxygens (including phenoxy) is 1. The molecule has 0 spiro atoms. The fourth-order valence-electron chi connectivity index (χ4n) is 2.56. The van der Waals surface area contributed by atoms with Crippen molar-refractivity contribution < 1.29 is 17.9 Å². The molecule has 3 rings (SSSR count). The molecule has 12 heteroatoms. The third-order valence-electron chi connectivity index (χ3n) is 4.13. The van der Waals surface area contributed by atoms with Crippen molar-refractivity contribution in [3.8, 4) is 5.75 Å². The molecule has 31 heavy (non-hydrogen) atoms. The normalized spacial score (nSPS) is 11.3. The number of carbonyl (C=O) groups excluding carboxylic acids is 1. The highest BCUT2D eigenvalue weighted by atomic mass is 35.5. The standard InChI is InChI=1S/C19H18Cl2N4O4S2/c1-29-14-7-4-12(5-8-14)3-2-10-22-31(27,28)19-25-24-18(30-19)23-17(26)15-9-6-13(20)11-16(15)21/h4-9,11,22H,2-3,10H2,1H3,(H,23,24,26). The van der Waals surface area contributed by atoms with Gasteiger partial charge in [0.2, 0.25) is 9.47 Å². The molecule has 0 atom stereocenters. The zero-order chi connectivity index (χ0) is 22.4. The van der Waals surface area contributed by atoms with E-state index in [-0.39, 0.29) is 26.6 Å². The molecule has 0 radical (unpaired) electrons. The van der Waals surface area contributed by atoms with Crippen LogP contribution in [0.2, 0.25) is 10.0 Å². The number of aromatic nitrogens is 2. The molecule has 0 unspecified atom stereocenters. The fourth-order valence-corrected chi connectivity index (χ4v) is 5.06. The second kappa shape index (κ2) is 10.4. The van der Waals surface area contributed by atoms with Gasteiger partial charge in [-0.1, -0.05) is 46.7 Å². The summed E-state index contributed by atoms with van der Waals surface area (Å²) in [6.45, 7) is 0.232. The summed E-state index contributed by atoms with van der Waals surface area (Å²) in [5.41, 5.74) is 1.25. The van der Waals surface area contributed by atoms with Crippen molar-refractivity contribution >= 4 is 55.6 Å². The third-order valence-corrected chi connectivity index (χ3v) is 7.34. The number of benzene rings is 2. The molecule has 1 amide bonds. The van der Waals surface area contributed by atoms with Crippen LogP contribution >= 0.6 is 34.5 Å². The fraction of sp³-hybridized carbons (Fsp3) is 0.211. The molecule has 0 aliphatic heterocycles. The highest BCUT2D eigenvalue weighted by Crippen LogP contribution is 2.24. The highest BCUT2D eigenvalue weighted by molar-refractivity contribution is 7.91. The third kappa shape index (κ3) is 6.37. The smallest absolute Gasteiger partial charge is 0.269 e. The molecule has 2 aromatic carbocycles. The minimum atomic E-state index is -3.84. The Bertz CT molecular complexity index is 1170. The van der Waals surface area contributed by atoms with E-state index in [2.05, 4.69) is 20.2 Å². The van der Waals surface area contributed by atoms with Gasteiger partial charge in [-0.3, -0.25) is 10.1 Å². The number of nitrogens with zero attached hydrogens (tertiary/aromatic N) is 2. The van der Waals surface area contributed by atoms with Gasteiger partial charge in [0.15, 0.2) is 0 Å². The Morgan fingerprint density at radius 2 is 1.87 bits per heavy atom. The molecular weight excluding hydrogens is 483 g/mol. The van der Waals surface area contributed by atoms with Gasteiger partial charge in [-0.25, -0.2) is 13.1 Å². The number of methoxy groups -OCH3 is 1. The lowest BCUT2D eigenvalue weighted by Gasteiger charge is -2.05. The number of amides is 1. The zero-order valence-corrected chi connectivity index (χ0v) is 19.4. The number of hydrogen-bond acceptors (Lipinski definition) is 7. The predicted octanol–water partition coefficient (Wildman–Crippen LogP) is 4.02. The quantitative estimate of drug-likeness (QED) is 0.339. The molecule has 0 fully saturated rings. The Kier molecular flexibility index (Phi) is 7.84. The molecule has 0 saturated carbocycles. The minimum absolute atomic E-state index is 0.0367. The number of hydrogen-bond donors (Lipinski definition) is 2. The summed E-state index contributed by atoms with van der Waals surface area (Å²) >= 11 is 12.6. The maximum absolute atomic E-state index is 12.4. The number of anilines is 1. The van der Waals surface area contributed by atoms with E-state index >= 15 is 0 Å². The van der Waals surface area contributed by atoms with E-state index in [4.69, 9.17) is 27.9 Å². The number of aryl methyl sites for hydroxylation is 1. The topological polar surface area (TPSA) is 110 Å². The lowest BCUT2D eigenvalue weighted by atomic mass is 10.1. The first-order valence-electron chi connectivity index (χ1n) is 9.01. The van der Waals surface area contributed by atoms with E-state index in [1.54, 1.807) is 7.11 Å². The predicted molar refractivity (Wildman–Crippen MR) is 121 cm³/mol. The van der Waals surface area contributed by atoms with Gasteiger partial charge in [0, 0.05) is 11.6 Å². The van der Waals surface area contributed by atoms with E-state index in [1.807, 2.05) is 24.3 Å². The lowest BCUT2D eigenvalue weighted by molar-refractivity contribution is 0.102. The number of halogens is 2. The SMILES string of the molecule is COc1ccc(CCCNS(=O)(=O)c2nnc(NC(=O)c3ccc(Cl)cc3Cl)s2)cc1. The van der Waals surface area contributed by atoms with Gasteiger partial charge in [-0.05, 0) is 48.7 Å². The maximum Gasteiger partial charge on any atom is 0.269 e. The highest BCUT2D eigenvalue weighted by Gasteiger charge is 2.21. The average molecular weight is 501 g/mol. The van der Waals surface area contributed by atoms with Crippen LogP contribution in [0.25, 0.3) is 0 Å². The molecule has 164 valence electrons. The summed E-state index contributed by atoms with van der Waals surface area (Å²) in [6, 6.07) is 12.0. The van der Waals surface area contributed by atoms with Crippen molar-refractivity contribution in [3.63, 3.8) is 0 Å². The van der Waals surface area contributed by atoms with E-state index < -0.39 is 15.9 Å². The minimum Gasteiger partial charge on any atom is -0.497 e. The average Bonchev–Trinajstić information content (AvgIpc) is 3.21. The first-order valence-corrected chi connectivity index (χ1v) is 12.1. The number of sulfonamides is 1. The van der Waals surface area contributed by atoms with Crippen molar-refractivity contribution in [1.82, 2.24) is 14.9 Å². The summed E-state index contributed by atoms with van der Waals surface area (Å²) in [5, 5.41) is 10.5. The van der Waals surface area contributed by atoms with Gasteiger partial charge < -0.3 is 4.74 Å². The Hall–Kier alpha value is -2.24. The first kappa shape index (κ1) is 23.4. The summed E-state index contributed by atoms with van der Waals surface area (Å²) in [6.07, 6.45) is 1.30. The van der Waals surface area contributed by atoms with Gasteiger partial charge in [0.1, 0.15) is 5.75 Å². The van der Waals surface area contributed by atoms with Crippen LogP contribution in [0.15, 0.2) is 46.8 Å². The second-order valence-corrected chi connectivity index (χ2v) is 10.1. The van der Waals surface area contributed by atoms with Gasteiger partial charge >= 0.3 is 0 Å². The first-order chi connectivity index (χ1) is 14.8. The van der Waals surface area contributed by atoms with Crippen molar-refractivity contribution in [2.24, 2.45) is 0 Å². The van der Waals surface area contributed by atoms with Crippen LogP contribution in [0.3, 0.4) is 0 Å². The number of nitrogens with one attached hydrogen (secondary N) is 2. The second-order valence-electron chi connectivity index (χ2n) is 6.30. The molecular formula is C19H18Cl2N4O4S2. The monoisotopic (exact) mass is 500 g/mol. The summed E-state index contributed by atoms with van der Waals surface area (Å²) < 4.78 is 32.2. The molecule has 3 aromatic rings. The Morgan fingerprint density at radius 1 is 1.13 bits per heavy atom. The van der Waals surface area contributed by atoms with Crippen LogP contribution in [-0.4, -0.2) is 38.2 Å². The van der Waals surface area contributed by atoms with Gasteiger partial charge in [-0.15, -0.1) is 10.2 Å².